The van der Waals surface area contributed by atoms with E-state index < -0.39 is 5.63 Å². The van der Waals surface area contributed by atoms with Crippen molar-refractivity contribution < 1.29 is 13.9 Å². The number of rotatable bonds is 7. The Labute approximate surface area is 123 Å². The molecule has 1 aromatic heterocycles. The van der Waals surface area contributed by atoms with E-state index in [2.05, 4.69) is 6.92 Å². The number of hydrogen-bond donors (Lipinski definition) is 0. The van der Waals surface area contributed by atoms with Crippen molar-refractivity contribution in [3.8, 4) is 5.75 Å². The molecule has 2 rings (SSSR count). The second-order valence-corrected chi connectivity index (χ2v) is 5.06. The molecule has 0 aliphatic rings. The fourth-order valence-electron chi connectivity index (χ4n) is 2.21. The Morgan fingerprint density at radius 2 is 1.90 bits per heavy atom. The molecule has 4 nitrogen and oxygen atoms in total. The van der Waals surface area contributed by atoms with Gasteiger partial charge in [-0.1, -0.05) is 44.7 Å². The molecule has 0 fully saturated rings. The Hall–Kier alpha value is -2.10. The average Bonchev–Trinajstić information content (AvgIpc) is 2.47. The second-order valence-electron chi connectivity index (χ2n) is 5.06. The van der Waals surface area contributed by atoms with Gasteiger partial charge in [0.05, 0.1) is 11.5 Å². The Kier molecular flexibility index (Phi) is 5.55. The fraction of sp³-hybridized carbons (Fsp3) is 0.412. The molecule has 1 heterocycles. The molecule has 0 bridgehead atoms. The van der Waals surface area contributed by atoms with Crippen LogP contribution in [0.1, 0.15) is 45.4 Å². The van der Waals surface area contributed by atoms with Gasteiger partial charge in [-0.15, -0.1) is 0 Å². The molecule has 0 aliphatic carbocycles. The van der Waals surface area contributed by atoms with Crippen molar-refractivity contribution in [2.45, 2.75) is 45.4 Å². The van der Waals surface area contributed by atoms with Gasteiger partial charge in [0.2, 0.25) is 0 Å². The predicted octanol–water partition coefficient (Wildman–Crippen LogP) is 4.06. The second kappa shape index (κ2) is 7.62. The van der Waals surface area contributed by atoms with Gasteiger partial charge in [0.15, 0.2) is 0 Å². The van der Waals surface area contributed by atoms with Gasteiger partial charge in [0, 0.05) is 6.42 Å². The lowest BCUT2D eigenvalue weighted by Crippen LogP contribution is -2.10. The number of fused-ring (bicyclic) bond motifs is 1. The fourth-order valence-corrected chi connectivity index (χ4v) is 2.21. The Bertz CT molecular complexity index is 657. The number of esters is 1. The number of ether oxygens (including phenoxy) is 1. The highest BCUT2D eigenvalue weighted by Gasteiger charge is 2.10. The first-order valence-electron chi connectivity index (χ1n) is 7.44. The van der Waals surface area contributed by atoms with E-state index in [0.29, 0.717) is 17.4 Å². The van der Waals surface area contributed by atoms with Crippen molar-refractivity contribution in [3.63, 3.8) is 0 Å². The van der Waals surface area contributed by atoms with E-state index in [-0.39, 0.29) is 11.7 Å². The Morgan fingerprint density at radius 3 is 2.71 bits per heavy atom. The van der Waals surface area contributed by atoms with Gasteiger partial charge in [-0.25, -0.2) is 4.79 Å². The third-order valence-electron chi connectivity index (χ3n) is 3.32. The third-order valence-corrected chi connectivity index (χ3v) is 3.32. The number of carbonyl (C=O) groups excluding carboxylic acids is 1. The summed E-state index contributed by atoms with van der Waals surface area (Å²) < 4.78 is 10.4. The molecule has 0 unspecified atom stereocenters. The minimum Gasteiger partial charge on any atom is -0.425 e. The van der Waals surface area contributed by atoms with Crippen molar-refractivity contribution in [1.82, 2.24) is 0 Å². The van der Waals surface area contributed by atoms with Crippen LogP contribution < -0.4 is 10.4 Å². The van der Waals surface area contributed by atoms with Crippen molar-refractivity contribution in [2.75, 3.05) is 0 Å². The first-order valence-corrected chi connectivity index (χ1v) is 7.44. The van der Waals surface area contributed by atoms with Crippen molar-refractivity contribution in [3.05, 3.63) is 40.8 Å². The van der Waals surface area contributed by atoms with Crippen LogP contribution in [0, 0.1) is 0 Å². The van der Waals surface area contributed by atoms with Crippen molar-refractivity contribution in [1.29, 1.82) is 0 Å². The number of hydrogen-bond acceptors (Lipinski definition) is 4. The molecule has 0 amide bonds. The molecule has 0 saturated carbocycles. The largest absolute Gasteiger partial charge is 0.425 e. The number of unbranched alkanes of at least 4 members (excludes halogenated alkanes) is 4. The summed E-state index contributed by atoms with van der Waals surface area (Å²) in [7, 11) is 0. The van der Waals surface area contributed by atoms with Gasteiger partial charge >= 0.3 is 11.6 Å². The van der Waals surface area contributed by atoms with E-state index in [1.807, 2.05) is 6.07 Å². The lowest BCUT2D eigenvalue weighted by atomic mass is 10.1. The average molecular weight is 288 g/mol. The maximum Gasteiger partial charge on any atom is 0.339 e. The van der Waals surface area contributed by atoms with Crippen LogP contribution in [-0.2, 0) is 4.79 Å². The molecule has 0 spiro atoms. The number of benzene rings is 1. The molecule has 112 valence electrons. The summed E-state index contributed by atoms with van der Waals surface area (Å²) in [5.41, 5.74) is -0.0878. The van der Waals surface area contributed by atoms with E-state index in [0.717, 1.165) is 19.3 Å². The van der Waals surface area contributed by atoms with Gasteiger partial charge in [0.25, 0.3) is 0 Å². The molecule has 21 heavy (non-hydrogen) atoms. The van der Waals surface area contributed by atoms with Crippen LogP contribution in [0.5, 0.6) is 5.75 Å². The van der Waals surface area contributed by atoms with Gasteiger partial charge in [-0.05, 0) is 18.6 Å². The zero-order valence-electron chi connectivity index (χ0n) is 12.3. The van der Waals surface area contributed by atoms with Gasteiger partial charge in [-0.3, -0.25) is 4.79 Å². The molecular weight excluding hydrogens is 268 g/mol. The topological polar surface area (TPSA) is 56.5 Å². The predicted molar refractivity (Wildman–Crippen MR) is 81.5 cm³/mol. The summed E-state index contributed by atoms with van der Waals surface area (Å²) in [6, 6.07) is 8.24. The first-order chi connectivity index (χ1) is 10.2. The summed E-state index contributed by atoms with van der Waals surface area (Å²) in [5.74, 6) is -0.0253. The van der Waals surface area contributed by atoms with Crippen LogP contribution in [0.4, 0.5) is 0 Å². The number of carbonyl (C=O) groups is 1. The zero-order chi connectivity index (χ0) is 15.1. The van der Waals surface area contributed by atoms with Crippen LogP contribution in [0.3, 0.4) is 0 Å². The smallest absolute Gasteiger partial charge is 0.339 e. The highest BCUT2D eigenvalue weighted by Crippen LogP contribution is 2.23. The monoisotopic (exact) mass is 288 g/mol. The maximum absolute atomic E-state index is 11.8. The molecule has 4 heteroatoms. The molecule has 0 radical (unpaired) electrons. The minimum atomic E-state index is -0.514. The summed E-state index contributed by atoms with van der Waals surface area (Å²) in [6.07, 6.45) is 5.73. The van der Waals surface area contributed by atoms with Crippen LogP contribution in [-0.4, -0.2) is 5.97 Å². The van der Waals surface area contributed by atoms with Crippen LogP contribution in [0.15, 0.2) is 39.5 Å². The maximum atomic E-state index is 11.8. The molecule has 0 aliphatic heterocycles. The van der Waals surface area contributed by atoms with Crippen LogP contribution in [0.25, 0.3) is 11.0 Å². The molecule has 2 aromatic rings. The quantitative estimate of drug-likeness (QED) is 0.438. The first kappa shape index (κ1) is 15.3. The lowest BCUT2D eigenvalue weighted by Gasteiger charge is -2.06. The van der Waals surface area contributed by atoms with E-state index in [1.54, 1.807) is 18.2 Å². The summed E-state index contributed by atoms with van der Waals surface area (Å²) in [6.45, 7) is 2.15. The highest BCUT2D eigenvalue weighted by atomic mass is 16.5. The van der Waals surface area contributed by atoms with E-state index in [1.165, 1.54) is 18.9 Å². The third kappa shape index (κ3) is 4.45. The summed E-state index contributed by atoms with van der Waals surface area (Å²) in [4.78, 5) is 23.3. The minimum absolute atomic E-state index is 0.278. The molecule has 1 aromatic carbocycles. The Balaban J connectivity index is 1.99. The Morgan fingerprint density at radius 1 is 1.14 bits per heavy atom. The van der Waals surface area contributed by atoms with E-state index >= 15 is 0 Å². The normalized spacial score (nSPS) is 10.7. The standard InChI is InChI=1S/C17H20O4/c1-2-3-4-5-6-11-16(18)21-15-12-17(19)20-14-10-8-7-9-13(14)15/h7-10,12H,2-6,11H2,1H3. The SMILES string of the molecule is CCCCCCCC(=O)Oc1cc(=O)oc2ccccc12. The van der Waals surface area contributed by atoms with E-state index in [4.69, 9.17) is 9.15 Å². The van der Waals surface area contributed by atoms with E-state index in [9.17, 15) is 9.59 Å². The van der Waals surface area contributed by atoms with Gasteiger partial charge in [0.1, 0.15) is 11.3 Å². The number of para-hydroxylation sites is 1. The molecule has 0 atom stereocenters. The van der Waals surface area contributed by atoms with Crippen LogP contribution >= 0.6 is 0 Å². The van der Waals surface area contributed by atoms with Crippen LogP contribution in [0.2, 0.25) is 0 Å². The molecular formula is C17H20O4. The molecule has 0 saturated heterocycles. The van der Waals surface area contributed by atoms with Gasteiger partial charge in [-0.2, -0.15) is 0 Å². The summed E-state index contributed by atoms with van der Waals surface area (Å²) >= 11 is 0. The highest BCUT2D eigenvalue weighted by molar-refractivity contribution is 5.86. The molecule has 0 N–H and O–H groups in total. The van der Waals surface area contributed by atoms with Crippen molar-refractivity contribution >= 4 is 16.9 Å². The summed E-state index contributed by atoms with van der Waals surface area (Å²) in [5, 5.41) is 0.636. The zero-order valence-corrected chi connectivity index (χ0v) is 12.3. The van der Waals surface area contributed by atoms with Crippen molar-refractivity contribution in [2.24, 2.45) is 0 Å². The lowest BCUT2D eigenvalue weighted by molar-refractivity contribution is -0.134. The van der Waals surface area contributed by atoms with Gasteiger partial charge < -0.3 is 9.15 Å².